The number of nitrogens with zero attached hydrogens (tertiary/aromatic N) is 1. The SMILES string of the molecule is O=C(O)CN1CCOc2cc(Br)ccc21. The molecule has 1 aromatic carbocycles. The van der Waals surface area contributed by atoms with Gasteiger partial charge in [0, 0.05) is 4.47 Å². The van der Waals surface area contributed by atoms with E-state index in [1.807, 2.05) is 18.2 Å². The summed E-state index contributed by atoms with van der Waals surface area (Å²) >= 11 is 3.35. The van der Waals surface area contributed by atoms with E-state index in [1.54, 1.807) is 4.90 Å². The zero-order valence-electron chi connectivity index (χ0n) is 7.94. The van der Waals surface area contributed by atoms with Gasteiger partial charge in [-0.3, -0.25) is 4.79 Å². The molecule has 5 heteroatoms. The molecule has 0 saturated heterocycles. The standard InChI is InChI=1S/C10H10BrNO3/c11-7-1-2-8-9(5-7)15-4-3-12(8)6-10(13)14/h1-2,5H,3-4,6H2,(H,13,14). The van der Waals surface area contributed by atoms with Gasteiger partial charge in [-0.15, -0.1) is 0 Å². The highest BCUT2D eigenvalue weighted by atomic mass is 79.9. The molecule has 0 unspecified atom stereocenters. The van der Waals surface area contributed by atoms with E-state index < -0.39 is 5.97 Å². The summed E-state index contributed by atoms with van der Waals surface area (Å²) in [5.74, 6) is -0.0948. The van der Waals surface area contributed by atoms with Crippen molar-refractivity contribution in [2.24, 2.45) is 0 Å². The fourth-order valence-electron chi connectivity index (χ4n) is 1.58. The van der Waals surface area contributed by atoms with Gasteiger partial charge >= 0.3 is 5.97 Å². The Hall–Kier alpha value is -1.23. The molecule has 4 nitrogen and oxygen atoms in total. The summed E-state index contributed by atoms with van der Waals surface area (Å²) in [7, 11) is 0. The third kappa shape index (κ3) is 2.23. The molecule has 0 atom stereocenters. The lowest BCUT2D eigenvalue weighted by molar-refractivity contribution is -0.135. The molecule has 2 rings (SSSR count). The zero-order valence-corrected chi connectivity index (χ0v) is 9.53. The van der Waals surface area contributed by atoms with E-state index in [0.29, 0.717) is 13.2 Å². The number of ether oxygens (including phenoxy) is 1. The molecule has 0 aliphatic carbocycles. The van der Waals surface area contributed by atoms with E-state index in [0.717, 1.165) is 15.9 Å². The molecule has 0 bridgehead atoms. The quantitative estimate of drug-likeness (QED) is 0.890. The normalized spacial score (nSPS) is 14.3. The highest BCUT2D eigenvalue weighted by molar-refractivity contribution is 9.10. The van der Waals surface area contributed by atoms with Gasteiger partial charge in [0.05, 0.1) is 12.2 Å². The van der Waals surface area contributed by atoms with Gasteiger partial charge in [0.15, 0.2) is 0 Å². The second kappa shape index (κ2) is 4.10. The summed E-state index contributed by atoms with van der Waals surface area (Å²) in [6.07, 6.45) is 0. The number of carbonyl (C=O) groups is 1. The van der Waals surface area contributed by atoms with Crippen LogP contribution in [-0.4, -0.2) is 30.8 Å². The van der Waals surface area contributed by atoms with Crippen LogP contribution >= 0.6 is 15.9 Å². The molecule has 1 aliphatic rings. The Morgan fingerprint density at radius 2 is 2.40 bits per heavy atom. The van der Waals surface area contributed by atoms with Crippen LogP contribution in [-0.2, 0) is 4.79 Å². The first-order valence-corrected chi connectivity index (χ1v) is 5.35. The Kier molecular flexibility index (Phi) is 2.81. The molecule has 0 radical (unpaired) electrons. The molecule has 15 heavy (non-hydrogen) atoms. The van der Waals surface area contributed by atoms with E-state index in [9.17, 15) is 4.79 Å². The van der Waals surface area contributed by atoms with Gasteiger partial charge < -0.3 is 14.7 Å². The van der Waals surface area contributed by atoms with Crippen molar-refractivity contribution < 1.29 is 14.6 Å². The maximum Gasteiger partial charge on any atom is 0.323 e. The van der Waals surface area contributed by atoms with E-state index in [2.05, 4.69) is 15.9 Å². The Morgan fingerprint density at radius 1 is 1.60 bits per heavy atom. The highest BCUT2D eigenvalue weighted by Gasteiger charge is 2.19. The summed E-state index contributed by atoms with van der Waals surface area (Å²) < 4.78 is 6.38. The fraction of sp³-hybridized carbons (Fsp3) is 0.300. The zero-order chi connectivity index (χ0) is 10.8. The number of carboxylic acid groups (broad SMARTS) is 1. The van der Waals surface area contributed by atoms with Crippen molar-refractivity contribution >= 4 is 27.6 Å². The number of hydrogen-bond donors (Lipinski definition) is 1. The Labute approximate surface area is 95.6 Å². The summed E-state index contributed by atoms with van der Waals surface area (Å²) in [6, 6.07) is 5.59. The predicted octanol–water partition coefficient (Wildman–Crippen LogP) is 1.73. The number of carboxylic acids is 1. The Balaban J connectivity index is 2.30. The second-order valence-corrected chi connectivity index (χ2v) is 4.19. The first-order chi connectivity index (χ1) is 7.16. The monoisotopic (exact) mass is 271 g/mol. The lowest BCUT2D eigenvalue weighted by Crippen LogP contribution is -2.36. The molecule has 80 valence electrons. The molecule has 1 heterocycles. The molecule has 1 N–H and O–H groups in total. The molecule has 0 fully saturated rings. The molecule has 0 amide bonds. The van der Waals surface area contributed by atoms with Gasteiger partial charge in [0.25, 0.3) is 0 Å². The van der Waals surface area contributed by atoms with Gasteiger partial charge in [-0.05, 0) is 18.2 Å². The van der Waals surface area contributed by atoms with Crippen molar-refractivity contribution in [1.29, 1.82) is 0 Å². The van der Waals surface area contributed by atoms with Gasteiger partial charge in [-0.2, -0.15) is 0 Å². The summed E-state index contributed by atoms with van der Waals surface area (Å²) in [4.78, 5) is 12.5. The molecular formula is C10H10BrNO3. The van der Waals surface area contributed by atoms with E-state index in [1.165, 1.54) is 0 Å². The lowest BCUT2D eigenvalue weighted by Gasteiger charge is -2.29. The van der Waals surface area contributed by atoms with Crippen molar-refractivity contribution in [3.8, 4) is 5.75 Å². The fourth-order valence-corrected chi connectivity index (χ4v) is 1.92. The van der Waals surface area contributed by atoms with Gasteiger partial charge in [-0.1, -0.05) is 15.9 Å². The van der Waals surface area contributed by atoms with E-state index >= 15 is 0 Å². The van der Waals surface area contributed by atoms with Crippen LogP contribution in [0.4, 0.5) is 5.69 Å². The first-order valence-electron chi connectivity index (χ1n) is 4.56. The van der Waals surface area contributed by atoms with Crippen molar-refractivity contribution in [2.75, 3.05) is 24.6 Å². The van der Waals surface area contributed by atoms with Crippen LogP contribution in [0.2, 0.25) is 0 Å². The average molecular weight is 272 g/mol. The minimum absolute atomic E-state index is 0.0119. The number of hydrogen-bond acceptors (Lipinski definition) is 3. The number of rotatable bonds is 2. The number of benzene rings is 1. The molecule has 0 saturated carbocycles. The number of halogens is 1. The summed E-state index contributed by atoms with van der Waals surface area (Å²) in [5, 5.41) is 8.75. The van der Waals surface area contributed by atoms with Crippen molar-refractivity contribution in [2.45, 2.75) is 0 Å². The average Bonchev–Trinajstić information content (AvgIpc) is 2.16. The van der Waals surface area contributed by atoms with Crippen LogP contribution < -0.4 is 9.64 Å². The molecule has 0 aromatic heterocycles. The van der Waals surface area contributed by atoms with Gasteiger partial charge in [-0.25, -0.2) is 0 Å². The van der Waals surface area contributed by atoms with Crippen molar-refractivity contribution in [3.05, 3.63) is 22.7 Å². The Morgan fingerprint density at radius 3 is 3.13 bits per heavy atom. The van der Waals surface area contributed by atoms with E-state index in [-0.39, 0.29) is 6.54 Å². The molecule has 1 aromatic rings. The maximum absolute atomic E-state index is 10.7. The van der Waals surface area contributed by atoms with Gasteiger partial charge in [0.1, 0.15) is 18.9 Å². The van der Waals surface area contributed by atoms with Gasteiger partial charge in [0.2, 0.25) is 0 Å². The second-order valence-electron chi connectivity index (χ2n) is 3.28. The minimum Gasteiger partial charge on any atom is -0.490 e. The number of anilines is 1. The van der Waals surface area contributed by atoms with Crippen LogP contribution in [0.15, 0.2) is 22.7 Å². The maximum atomic E-state index is 10.7. The molecular weight excluding hydrogens is 262 g/mol. The van der Waals surface area contributed by atoms with Crippen LogP contribution in [0.25, 0.3) is 0 Å². The smallest absolute Gasteiger partial charge is 0.323 e. The molecule has 1 aliphatic heterocycles. The van der Waals surface area contributed by atoms with Crippen molar-refractivity contribution in [1.82, 2.24) is 0 Å². The number of aliphatic carboxylic acids is 1. The van der Waals surface area contributed by atoms with Crippen molar-refractivity contribution in [3.63, 3.8) is 0 Å². The van der Waals surface area contributed by atoms with E-state index in [4.69, 9.17) is 9.84 Å². The topological polar surface area (TPSA) is 49.8 Å². The third-order valence-corrected chi connectivity index (χ3v) is 2.70. The van der Waals surface area contributed by atoms with Crippen LogP contribution in [0.5, 0.6) is 5.75 Å². The predicted molar refractivity (Wildman–Crippen MR) is 59.5 cm³/mol. The van der Waals surface area contributed by atoms with Crippen LogP contribution in [0, 0.1) is 0 Å². The van der Waals surface area contributed by atoms with Crippen LogP contribution in [0.1, 0.15) is 0 Å². The van der Waals surface area contributed by atoms with Crippen LogP contribution in [0.3, 0.4) is 0 Å². The highest BCUT2D eigenvalue weighted by Crippen LogP contribution is 2.33. The Bertz CT molecular complexity index is 394. The minimum atomic E-state index is -0.828. The lowest BCUT2D eigenvalue weighted by atomic mass is 10.2. The first kappa shape index (κ1) is 10.3. The third-order valence-electron chi connectivity index (χ3n) is 2.21. The summed E-state index contributed by atoms with van der Waals surface area (Å²) in [5.41, 5.74) is 0.840. The summed E-state index contributed by atoms with van der Waals surface area (Å²) in [6.45, 7) is 1.15. The largest absolute Gasteiger partial charge is 0.490 e. The molecule has 0 spiro atoms. The number of fused-ring (bicyclic) bond motifs is 1.